The summed E-state index contributed by atoms with van der Waals surface area (Å²) < 4.78 is 16.7. The molecule has 0 aliphatic heterocycles. The van der Waals surface area contributed by atoms with Crippen LogP contribution in [-0.4, -0.2) is 15.0 Å². The van der Waals surface area contributed by atoms with Crippen molar-refractivity contribution < 1.29 is 9.18 Å². The van der Waals surface area contributed by atoms with E-state index in [1.165, 1.54) is 19.2 Å². The quantitative estimate of drug-likeness (QED) is 0.709. The van der Waals surface area contributed by atoms with Crippen molar-refractivity contribution >= 4 is 40.0 Å². The Hall–Kier alpha value is -2.17. The number of nitrogens with zero attached hydrogens (tertiary/aromatic N) is 2. The van der Waals surface area contributed by atoms with Crippen LogP contribution in [0.15, 0.2) is 27.8 Å². The van der Waals surface area contributed by atoms with Gasteiger partial charge >= 0.3 is 5.69 Å². The van der Waals surface area contributed by atoms with Crippen LogP contribution in [0.25, 0.3) is 0 Å². The third-order valence-electron chi connectivity index (χ3n) is 3.29. The molecule has 0 fully saturated rings. The predicted octanol–water partition coefficient (Wildman–Crippen LogP) is 1.15. The maximum atomic E-state index is 14.0. The third kappa shape index (κ3) is 3.14. The van der Waals surface area contributed by atoms with Crippen LogP contribution in [0.3, 0.4) is 0 Å². The Labute approximate surface area is 144 Å². The zero-order valence-electron chi connectivity index (χ0n) is 12.4. The van der Waals surface area contributed by atoms with Crippen LogP contribution in [0, 0.1) is 9.39 Å². The Morgan fingerprint density at radius 1 is 1.39 bits per heavy atom. The van der Waals surface area contributed by atoms with Gasteiger partial charge in [-0.25, -0.2) is 9.18 Å². The van der Waals surface area contributed by atoms with Gasteiger partial charge in [0.25, 0.3) is 11.5 Å². The number of anilines is 2. The highest BCUT2D eigenvalue weighted by atomic mass is 127. The number of nitrogens with two attached hydrogens (primary N) is 1. The molecule has 3 N–H and O–H groups in total. The molecule has 0 aliphatic rings. The van der Waals surface area contributed by atoms with Crippen molar-refractivity contribution in [3.63, 3.8) is 0 Å². The minimum atomic E-state index is -0.999. The fraction of sp³-hybridized carbons (Fsp3) is 0.214. The summed E-state index contributed by atoms with van der Waals surface area (Å²) in [6.45, 7) is 1.83. The number of halogens is 2. The van der Waals surface area contributed by atoms with E-state index in [2.05, 4.69) is 5.32 Å². The molecule has 0 saturated heterocycles. The smallest absolute Gasteiger partial charge is 0.332 e. The first-order valence-electron chi connectivity index (χ1n) is 6.63. The van der Waals surface area contributed by atoms with Crippen molar-refractivity contribution in [3.8, 4) is 0 Å². The van der Waals surface area contributed by atoms with Gasteiger partial charge in [-0.15, -0.1) is 0 Å². The Bertz CT molecular complexity index is 904. The number of rotatable bonds is 4. The second-order valence-electron chi connectivity index (χ2n) is 4.73. The van der Waals surface area contributed by atoms with E-state index in [4.69, 9.17) is 5.73 Å². The van der Waals surface area contributed by atoms with E-state index in [1.807, 2.05) is 22.6 Å². The van der Waals surface area contributed by atoms with Crippen molar-refractivity contribution in [3.05, 3.63) is 54.0 Å². The number of carbonyl (C=O) groups is 1. The van der Waals surface area contributed by atoms with Crippen LogP contribution in [0.1, 0.15) is 17.3 Å². The van der Waals surface area contributed by atoms with Gasteiger partial charge in [-0.2, -0.15) is 0 Å². The lowest BCUT2D eigenvalue weighted by atomic mass is 10.2. The van der Waals surface area contributed by atoms with Gasteiger partial charge in [-0.05, 0) is 47.7 Å². The van der Waals surface area contributed by atoms with Crippen LogP contribution in [0.4, 0.5) is 15.9 Å². The summed E-state index contributed by atoms with van der Waals surface area (Å²) in [4.78, 5) is 36.0. The molecule has 0 saturated carbocycles. The molecular weight excluding hydrogens is 418 g/mol. The minimum absolute atomic E-state index is 0.0303. The Kier molecular flexibility index (Phi) is 4.88. The largest absolute Gasteiger partial charge is 0.365 e. The number of aromatic nitrogens is 2. The minimum Gasteiger partial charge on any atom is -0.365 e. The monoisotopic (exact) mass is 432 g/mol. The van der Waals surface area contributed by atoms with Gasteiger partial charge in [0.15, 0.2) is 0 Å². The molecule has 1 aromatic carbocycles. The summed E-state index contributed by atoms with van der Waals surface area (Å²) in [5.41, 5.74) is 3.44. The van der Waals surface area contributed by atoms with Gasteiger partial charge < -0.3 is 11.1 Å². The Morgan fingerprint density at radius 2 is 2.04 bits per heavy atom. The zero-order valence-corrected chi connectivity index (χ0v) is 14.5. The topological polar surface area (TPSA) is 99.1 Å². The summed E-state index contributed by atoms with van der Waals surface area (Å²) in [5.74, 6) is -1.70. The highest BCUT2D eigenvalue weighted by molar-refractivity contribution is 14.1. The fourth-order valence-corrected chi connectivity index (χ4v) is 2.58. The third-order valence-corrected chi connectivity index (χ3v) is 3.96. The van der Waals surface area contributed by atoms with E-state index in [1.54, 1.807) is 13.0 Å². The summed E-state index contributed by atoms with van der Waals surface area (Å²) in [6, 6.07) is 4.37. The van der Waals surface area contributed by atoms with E-state index in [-0.39, 0.29) is 18.1 Å². The highest BCUT2D eigenvalue weighted by Crippen LogP contribution is 2.22. The molecule has 7 nitrogen and oxygen atoms in total. The zero-order chi connectivity index (χ0) is 17.3. The molecule has 122 valence electrons. The van der Waals surface area contributed by atoms with E-state index >= 15 is 0 Å². The second-order valence-corrected chi connectivity index (χ2v) is 5.97. The van der Waals surface area contributed by atoms with E-state index < -0.39 is 28.5 Å². The highest BCUT2D eigenvalue weighted by Gasteiger charge is 2.21. The van der Waals surface area contributed by atoms with Gasteiger partial charge in [-0.3, -0.25) is 18.7 Å². The van der Waals surface area contributed by atoms with Crippen molar-refractivity contribution in [2.24, 2.45) is 12.8 Å². The van der Waals surface area contributed by atoms with Crippen molar-refractivity contribution in [1.29, 1.82) is 0 Å². The molecule has 0 bridgehead atoms. The first-order chi connectivity index (χ1) is 10.8. The lowest BCUT2D eigenvalue weighted by Gasteiger charge is -2.17. The fourth-order valence-electron chi connectivity index (χ4n) is 2.13. The van der Waals surface area contributed by atoms with Gasteiger partial charge in [0.1, 0.15) is 17.2 Å². The van der Waals surface area contributed by atoms with E-state index in [9.17, 15) is 18.8 Å². The Balaban J connectivity index is 2.76. The van der Waals surface area contributed by atoms with Crippen molar-refractivity contribution in [1.82, 2.24) is 9.13 Å². The molecule has 0 radical (unpaired) electrons. The lowest BCUT2D eigenvalue weighted by Crippen LogP contribution is -2.43. The SMILES string of the molecule is CCn1c(Nc2ccc(I)cc2F)c(C(N)=O)c(=O)n(C)c1=O. The van der Waals surface area contributed by atoms with Gasteiger partial charge in [0, 0.05) is 17.2 Å². The molecule has 2 rings (SSSR count). The number of amides is 1. The molecule has 1 amide bonds. The average molecular weight is 432 g/mol. The second kappa shape index (κ2) is 6.52. The number of hydrogen-bond donors (Lipinski definition) is 2. The molecule has 0 unspecified atom stereocenters. The van der Waals surface area contributed by atoms with Crippen LogP contribution < -0.4 is 22.3 Å². The molecule has 2 aromatic rings. The van der Waals surface area contributed by atoms with Crippen LogP contribution in [0.2, 0.25) is 0 Å². The first-order valence-corrected chi connectivity index (χ1v) is 7.71. The molecule has 1 aromatic heterocycles. The van der Waals surface area contributed by atoms with Crippen molar-refractivity contribution in [2.75, 3.05) is 5.32 Å². The lowest BCUT2D eigenvalue weighted by molar-refractivity contribution is 0.0998. The molecule has 0 spiro atoms. The standard InChI is InChI=1S/C14H14FIN4O3/c1-3-20-12(18-9-5-4-7(16)6-8(9)15)10(11(17)21)13(22)19(2)14(20)23/h4-6,18H,3H2,1-2H3,(H2,17,21). The maximum absolute atomic E-state index is 14.0. The number of hydrogen-bond acceptors (Lipinski definition) is 4. The number of primary amides is 1. The average Bonchev–Trinajstić information content (AvgIpc) is 2.48. The number of nitrogens with one attached hydrogen (secondary N) is 1. The van der Waals surface area contributed by atoms with Crippen LogP contribution >= 0.6 is 22.6 Å². The van der Waals surface area contributed by atoms with Crippen LogP contribution in [0.5, 0.6) is 0 Å². The van der Waals surface area contributed by atoms with E-state index in [0.717, 1.165) is 9.13 Å². The summed E-state index contributed by atoms with van der Waals surface area (Å²) in [5, 5.41) is 2.65. The van der Waals surface area contributed by atoms with Crippen LogP contribution in [-0.2, 0) is 13.6 Å². The number of carbonyl (C=O) groups excluding carboxylic acids is 1. The number of benzene rings is 1. The van der Waals surface area contributed by atoms with E-state index in [0.29, 0.717) is 3.57 Å². The first kappa shape index (κ1) is 17.2. The predicted molar refractivity (Wildman–Crippen MR) is 92.5 cm³/mol. The van der Waals surface area contributed by atoms with Crippen molar-refractivity contribution in [2.45, 2.75) is 13.5 Å². The van der Waals surface area contributed by atoms with Gasteiger partial charge in [0.2, 0.25) is 0 Å². The summed E-state index contributed by atoms with van der Waals surface area (Å²) in [6.07, 6.45) is 0. The normalized spacial score (nSPS) is 10.6. The molecule has 9 heteroatoms. The van der Waals surface area contributed by atoms with Gasteiger partial charge in [0.05, 0.1) is 5.69 Å². The maximum Gasteiger partial charge on any atom is 0.332 e. The Morgan fingerprint density at radius 3 is 2.57 bits per heavy atom. The molecule has 0 atom stereocenters. The molecular formula is C14H14FIN4O3. The van der Waals surface area contributed by atoms with Gasteiger partial charge in [-0.1, -0.05) is 0 Å². The molecule has 23 heavy (non-hydrogen) atoms. The molecule has 1 heterocycles. The molecule has 0 aliphatic carbocycles. The summed E-state index contributed by atoms with van der Waals surface area (Å²) >= 11 is 1.95. The summed E-state index contributed by atoms with van der Waals surface area (Å²) in [7, 11) is 1.25.